The molecular formula is C22H21N3O3. The fourth-order valence-electron chi connectivity index (χ4n) is 3.48. The van der Waals surface area contributed by atoms with Crippen molar-refractivity contribution in [3.63, 3.8) is 0 Å². The zero-order valence-corrected chi connectivity index (χ0v) is 15.3. The molecule has 28 heavy (non-hydrogen) atoms. The summed E-state index contributed by atoms with van der Waals surface area (Å²) >= 11 is 0. The summed E-state index contributed by atoms with van der Waals surface area (Å²) in [5.74, 6) is -0.0342. The van der Waals surface area contributed by atoms with Gasteiger partial charge in [-0.15, -0.1) is 0 Å². The van der Waals surface area contributed by atoms with E-state index in [0.717, 1.165) is 11.3 Å². The van der Waals surface area contributed by atoms with Gasteiger partial charge in [0, 0.05) is 31.9 Å². The zero-order valence-electron chi connectivity index (χ0n) is 15.3. The molecular weight excluding hydrogens is 354 g/mol. The minimum Gasteiger partial charge on any atom is -0.506 e. The van der Waals surface area contributed by atoms with Gasteiger partial charge in [-0.3, -0.25) is 9.59 Å². The predicted molar refractivity (Wildman–Crippen MR) is 109 cm³/mol. The molecule has 1 saturated heterocycles. The van der Waals surface area contributed by atoms with Gasteiger partial charge in [-0.2, -0.15) is 0 Å². The van der Waals surface area contributed by atoms with Gasteiger partial charge < -0.3 is 19.9 Å². The Morgan fingerprint density at radius 3 is 2.21 bits per heavy atom. The number of amides is 1. The van der Waals surface area contributed by atoms with Crippen LogP contribution >= 0.6 is 0 Å². The van der Waals surface area contributed by atoms with Gasteiger partial charge in [0.1, 0.15) is 11.3 Å². The van der Waals surface area contributed by atoms with Crippen molar-refractivity contribution < 1.29 is 9.90 Å². The lowest BCUT2D eigenvalue weighted by Crippen LogP contribution is -2.49. The maximum atomic E-state index is 12.8. The second kappa shape index (κ2) is 7.60. The number of para-hydroxylation sites is 2. The Morgan fingerprint density at radius 2 is 1.54 bits per heavy atom. The van der Waals surface area contributed by atoms with Gasteiger partial charge in [-0.05, 0) is 29.8 Å². The van der Waals surface area contributed by atoms with Gasteiger partial charge in [-0.25, -0.2) is 0 Å². The van der Waals surface area contributed by atoms with Crippen LogP contribution in [0.5, 0.6) is 5.75 Å². The monoisotopic (exact) mass is 375 g/mol. The molecule has 6 nitrogen and oxygen atoms in total. The second-order valence-corrected chi connectivity index (χ2v) is 6.75. The molecule has 0 unspecified atom stereocenters. The maximum absolute atomic E-state index is 12.8. The number of benzene rings is 2. The molecule has 142 valence electrons. The number of H-pyrrole nitrogens is 1. The van der Waals surface area contributed by atoms with Crippen LogP contribution in [0.4, 0.5) is 5.69 Å². The number of anilines is 1. The Hall–Kier alpha value is -3.54. The van der Waals surface area contributed by atoms with Crippen molar-refractivity contribution in [2.45, 2.75) is 0 Å². The minimum atomic E-state index is -0.380. The van der Waals surface area contributed by atoms with Crippen LogP contribution in [-0.2, 0) is 0 Å². The number of aromatic hydroxyl groups is 1. The van der Waals surface area contributed by atoms with E-state index in [1.165, 1.54) is 0 Å². The molecule has 4 rings (SSSR count). The maximum Gasteiger partial charge on any atom is 0.261 e. The van der Waals surface area contributed by atoms with Crippen LogP contribution in [0.2, 0.25) is 0 Å². The molecule has 1 fully saturated rings. The standard InChI is InChI=1S/C22H21N3O3/c26-20-9-5-4-8-19(20)24-12-14-25(15-13-24)22(28)17-10-11-18(23-21(17)27)16-6-2-1-3-7-16/h1-11,26H,12-15H2,(H,23,27). The number of pyridine rings is 1. The number of nitrogens with zero attached hydrogens (tertiary/aromatic N) is 2. The van der Waals surface area contributed by atoms with E-state index in [9.17, 15) is 14.7 Å². The van der Waals surface area contributed by atoms with Gasteiger partial charge in [0.05, 0.1) is 5.69 Å². The van der Waals surface area contributed by atoms with E-state index in [0.29, 0.717) is 31.9 Å². The number of phenolic OH excluding ortho intramolecular Hbond substituents is 1. The van der Waals surface area contributed by atoms with Gasteiger partial charge in [0.2, 0.25) is 0 Å². The highest BCUT2D eigenvalue weighted by Crippen LogP contribution is 2.27. The van der Waals surface area contributed by atoms with Crippen LogP contribution in [0.1, 0.15) is 10.4 Å². The largest absolute Gasteiger partial charge is 0.506 e. The van der Waals surface area contributed by atoms with Gasteiger partial charge in [-0.1, -0.05) is 42.5 Å². The molecule has 2 heterocycles. The average Bonchev–Trinajstić information content (AvgIpc) is 2.74. The van der Waals surface area contributed by atoms with Crippen LogP contribution in [-0.4, -0.2) is 47.1 Å². The van der Waals surface area contributed by atoms with E-state index in [1.54, 1.807) is 29.2 Å². The first-order chi connectivity index (χ1) is 13.6. The number of nitrogens with one attached hydrogen (secondary N) is 1. The summed E-state index contributed by atoms with van der Waals surface area (Å²) in [6.45, 7) is 2.19. The third kappa shape index (κ3) is 3.49. The summed E-state index contributed by atoms with van der Waals surface area (Å²) in [5, 5.41) is 10.0. The van der Waals surface area contributed by atoms with Crippen molar-refractivity contribution >= 4 is 11.6 Å². The van der Waals surface area contributed by atoms with E-state index in [2.05, 4.69) is 4.98 Å². The fraction of sp³-hybridized carbons (Fsp3) is 0.182. The highest BCUT2D eigenvalue weighted by atomic mass is 16.3. The third-order valence-corrected chi connectivity index (χ3v) is 5.01. The molecule has 0 spiro atoms. The minimum absolute atomic E-state index is 0.149. The highest BCUT2D eigenvalue weighted by molar-refractivity contribution is 5.94. The Balaban J connectivity index is 1.47. The van der Waals surface area contributed by atoms with Crippen LogP contribution in [0.3, 0.4) is 0 Å². The van der Waals surface area contributed by atoms with E-state index in [-0.39, 0.29) is 22.8 Å². The Morgan fingerprint density at radius 1 is 0.857 bits per heavy atom. The van der Waals surface area contributed by atoms with Crippen LogP contribution in [0.25, 0.3) is 11.3 Å². The molecule has 0 saturated carbocycles. The fourth-order valence-corrected chi connectivity index (χ4v) is 3.48. The van der Waals surface area contributed by atoms with Crippen LogP contribution in [0.15, 0.2) is 71.5 Å². The second-order valence-electron chi connectivity index (χ2n) is 6.75. The third-order valence-electron chi connectivity index (χ3n) is 5.01. The normalized spacial score (nSPS) is 14.1. The number of carbonyl (C=O) groups excluding carboxylic acids is 1. The van der Waals surface area contributed by atoms with Crippen molar-refractivity contribution in [2.75, 3.05) is 31.1 Å². The van der Waals surface area contributed by atoms with Crippen molar-refractivity contribution in [3.05, 3.63) is 82.6 Å². The molecule has 1 aliphatic rings. The lowest BCUT2D eigenvalue weighted by molar-refractivity contribution is 0.0745. The Bertz CT molecular complexity index is 1040. The van der Waals surface area contributed by atoms with Gasteiger partial charge in [0.25, 0.3) is 11.5 Å². The summed E-state index contributed by atoms with van der Waals surface area (Å²) < 4.78 is 0. The topological polar surface area (TPSA) is 76.6 Å². The lowest BCUT2D eigenvalue weighted by atomic mass is 10.1. The highest BCUT2D eigenvalue weighted by Gasteiger charge is 2.25. The first kappa shape index (κ1) is 17.9. The molecule has 0 atom stereocenters. The summed E-state index contributed by atoms with van der Waals surface area (Å²) in [5.41, 5.74) is 2.12. The SMILES string of the molecule is O=C(c1ccc(-c2ccccc2)[nH]c1=O)N1CCN(c2ccccc2O)CC1. The van der Waals surface area contributed by atoms with Crippen molar-refractivity contribution in [3.8, 4) is 17.0 Å². The van der Waals surface area contributed by atoms with Crippen LogP contribution < -0.4 is 10.5 Å². The molecule has 2 N–H and O–H groups in total. The van der Waals surface area contributed by atoms with Gasteiger partial charge in [0.15, 0.2) is 0 Å². The average molecular weight is 375 g/mol. The molecule has 0 bridgehead atoms. The Kier molecular flexibility index (Phi) is 4.85. The lowest BCUT2D eigenvalue weighted by Gasteiger charge is -2.36. The van der Waals surface area contributed by atoms with Crippen LogP contribution in [0, 0.1) is 0 Å². The number of hydrogen-bond acceptors (Lipinski definition) is 4. The number of carbonyl (C=O) groups is 1. The number of rotatable bonds is 3. The number of hydrogen-bond donors (Lipinski definition) is 2. The molecule has 1 aromatic heterocycles. The molecule has 3 aromatic rings. The van der Waals surface area contributed by atoms with Crippen molar-refractivity contribution in [1.82, 2.24) is 9.88 Å². The number of phenols is 1. The summed E-state index contributed by atoms with van der Waals surface area (Å²) in [6, 6.07) is 20.1. The Labute approximate surface area is 162 Å². The molecule has 6 heteroatoms. The summed E-state index contributed by atoms with van der Waals surface area (Å²) in [4.78, 5) is 31.8. The van der Waals surface area contributed by atoms with E-state index in [4.69, 9.17) is 0 Å². The van der Waals surface area contributed by atoms with E-state index >= 15 is 0 Å². The quantitative estimate of drug-likeness (QED) is 0.738. The number of piperazine rings is 1. The first-order valence-corrected chi connectivity index (χ1v) is 9.24. The zero-order chi connectivity index (χ0) is 19.5. The van der Waals surface area contributed by atoms with Gasteiger partial charge >= 0.3 is 0 Å². The molecule has 1 aliphatic heterocycles. The van der Waals surface area contributed by atoms with Crippen molar-refractivity contribution in [2.24, 2.45) is 0 Å². The molecule has 0 aliphatic carbocycles. The molecule has 1 amide bonds. The molecule has 2 aromatic carbocycles. The van der Waals surface area contributed by atoms with E-state index < -0.39 is 0 Å². The first-order valence-electron chi connectivity index (χ1n) is 9.24. The molecule has 0 radical (unpaired) electrons. The van der Waals surface area contributed by atoms with Crippen molar-refractivity contribution in [1.29, 1.82) is 0 Å². The number of aromatic nitrogens is 1. The van der Waals surface area contributed by atoms with E-state index in [1.807, 2.05) is 47.4 Å². The smallest absolute Gasteiger partial charge is 0.261 e. The summed E-state index contributed by atoms with van der Waals surface area (Å²) in [6.07, 6.45) is 0. The number of aromatic amines is 1. The summed E-state index contributed by atoms with van der Waals surface area (Å²) in [7, 11) is 0. The predicted octanol–water partition coefficient (Wildman–Crippen LogP) is 2.71.